The van der Waals surface area contributed by atoms with Gasteiger partial charge in [0.15, 0.2) is 0 Å². The van der Waals surface area contributed by atoms with Gasteiger partial charge in [-0.3, -0.25) is 0 Å². The Kier molecular flexibility index (Phi) is 8.86. The zero-order valence-electron chi connectivity index (χ0n) is 21.1. The standard InChI is InChI=1S/C29H36OS4/c1-7-18(2)16-19(3)22-8-10-24(31-22)26-12-14-28(33-26)29-15-13-27(34-29)25-11-9-23(32-25)20(4)17-21(5)30-6/h8-15,18-21H,7,16-17H2,1-6H3. The van der Waals surface area contributed by atoms with Gasteiger partial charge in [0.2, 0.25) is 0 Å². The SMILES string of the molecule is CCC(C)CC(C)c1ccc(-c2ccc(-c3ccc(-c4ccc(C(C)CC(C)OC)s4)s3)s2)s1. The molecular weight excluding hydrogens is 493 g/mol. The molecule has 4 aromatic heterocycles. The number of rotatable bonds is 11. The van der Waals surface area contributed by atoms with Gasteiger partial charge in [0.05, 0.1) is 6.10 Å². The van der Waals surface area contributed by atoms with E-state index >= 15 is 0 Å². The number of methoxy groups -OCH3 is 1. The molecule has 4 atom stereocenters. The first-order valence-electron chi connectivity index (χ1n) is 12.3. The Balaban J connectivity index is 1.45. The summed E-state index contributed by atoms with van der Waals surface area (Å²) in [4.78, 5) is 11.2. The van der Waals surface area contributed by atoms with Crippen LogP contribution in [0.3, 0.4) is 0 Å². The Morgan fingerprint density at radius 2 is 0.971 bits per heavy atom. The third-order valence-corrected chi connectivity index (χ3v) is 12.1. The van der Waals surface area contributed by atoms with Crippen LogP contribution in [0.15, 0.2) is 48.5 Å². The topological polar surface area (TPSA) is 9.23 Å². The number of thiophene rings is 4. The van der Waals surface area contributed by atoms with Crippen LogP contribution in [0.25, 0.3) is 29.3 Å². The van der Waals surface area contributed by atoms with Crippen molar-refractivity contribution in [3.63, 3.8) is 0 Å². The minimum Gasteiger partial charge on any atom is -0.382 e. The maximum absolute atomic E-state index is 5.46. The first kappa shape index (κ1) is 25.8. The molecule has 0 aliphatic heterocycles. The summed E-state index contributed by atoms with van der Waals surface area (Å²) in [6, 6.07) is 18.4. The summed E-state index contributed by atoms with van der Waals surface area (Å²) in [7, 11) is 1.80. The molecule has 0 aliphatic rings. The molecule has 0 radical (unpaired) electrons. The lowest BCUT2D eigenvalue weighted by molar-refractivity contribution is 0.106. The Labute approximate surface area is 221 Å². The average Bonchev–Trinajstić information content (AvgIpc) is 3.63. The van der Waals surface area contributed by atoms with Crippen molar-refractivity contribution in [2.24, 2.45) is 5.92 Å². The second kappa shape index (κ2) is 11.7. The maximum Gasteiger partial charge on any atom is 0.0549 e. The van der Waals surface area contributed by atoms with Crippen LogP contribution in [-0.2, 0) is 4.74 Å². The van der Waals surface area contributed by atoms with Crippen molar-refractivity contribution < 1.29 is 4.74 Å². The van der Waals surface area contributed by atoms with Crippen molar-refractivity contribution in [2.45, 2.75) is 71.8 Å². The van der Waals surface area contributed by atoms with Crippen molar-refractivity contribution in [2.75, 3.05) is 7.11 Å². The zero-order valence-corrected chi connectivity index (χ0v) is 24.4. The molecule has 5 heteroatoms. The first-order chi connectivity index (χ1) is 16.4. The quantitative estimate of drug-likeness (QED) is 0.188. The predicted octanol–water partition coefficient (Wildman–Crippen LogP) is 11.0. The highest BCUT2D eigenvalue weighted by Gasteiger charge is 2.16. The molecule has 4 rings (SSSR count). The maximum atomic E-state index is 5.46. The first-order valence-corrected chi connectivity index (χ1v) is 15.6. The van der Waals surface area contributed by atoms with Crippen LogP contribution in [0.1, 0.15) is 75.5 Å². The molecule has 0 amide bonds. The van der Waals surface area contributed by atoms with Gasteiger partial charge in [0.25, 0.3) is 0 Å². The van der Waals surface area contributed by atoms with Crippen molar-refractivity contribution >= 4 is 45.3 Å². The third-order valence-electron chi connectivity index (χ3n) is 6.71. The smallest absolute Gasteiger partial charge is 0.0549 e. The van der Waals surface area contributed by atoms with E-state index in [0.29, 0.717) is 17.9 Å². The van der Waals surface area contributed by atoms with Crippen LogP contribution in [0, 0.1) is 5.92 Å². The summed E-state index contributed by atoms with van der Waals surface area (Å²) in [5.41, 5.74) is 0. The molecule has 0 aromatic carbocycles. The molecular formula is C29H36OS4. The Morgan fingerprint density at radius 3 is 1.38 bits per heavy atom. The van der Waals surface area contributed by atoms with Gasteiger partial charge in [-0.25, -0.2) is 0 Å². The molecule has 0 N–H and O–H groups in total. The summed E-state index contributed by atoms with van der Waals surface area (Å²) >= 11 is 7.73. The molecule has 34 heavy (non-hydrogen) atoms. The number of ether oxygens (including phenoxy) is 1. The van der Waals surface area contributed by atoms with Crippen LogP contribution in [0.5, 0.6) is 0 Å². The van der Waals surface area contributed by atoms with Crippen LogP contribution < -0.4 is 0 Å². The molecule has 0 fully saturated rings. The van der Waals surface area contributed by atoms with E-state index in [-0.39, 0.29) is 0 Å². The molecule has 4 unspecified atom stereocenters. The monoisotopic (exact) mass is 528 g/mol. The molecule has 0 bridgehead atoms. The van der Waals surface area contributed by atoms with Gasteiger partial charge in [-0.05, 0) is 86.1 Å². The van der Waals surface area contributed by atoms with Crippen LogP contribution in [-0.4, -0.2) is 13.2 Å². The second-order valence-electron chi connectivity index (χ2n) is 9.57. The highest BCUT2D eigenvalue weighted by molar-refractivity contribution is 7.28. The highest BCUT2D eigenvalue weighted by atomic mass is 32.1. The van der Waals surface area contributed by atoms with Gasteiger partial charge in [0.1, 0.15) is 0 Å². The van der Waals surface area contributed by atoms with Gasteiger partial charge >= 0.3 is 0 Å². The summed E-state index contributed by atoms with van der Waals surface area (Å²) < 4.78 is 5.46. The van der Waals surface area contributed by atoms with E-state index in [1.54, 1.807) is 7.11 Å². The second-order valence-corrected chi connectivity index (χ2v) is 14.0. The predicted molar refractivity (Wildman–Crippen MR) is 156 cm³/mol. The van der Waals surface area contributed by atoms with E-state index in [4.69, 9.17) is 4.74 Å². The fourth-order valence-electron chi connectivity index (χ4n) is 4.30. The molecule has 0 aliphatic carbocycles. The van der Waals surface area contributed by atoms with Crippen molar-refractivity contribution in [1.82, 2.24) is 0 Å². The minimum atomic E-state index is 0.296. The molecule has 1 nitrogen and oxygen atoms in total. The fraction of sp³-hybridized carbons (Fsp3) is 0.448. The summed E-state index contributed by atoms with van der Waals surface area (Å²) in [6.45, 7) is 11.5. The van der Waals surface area contributed by atoms with Gasteiger partial charge in [-0.15, -0.1) is 45.3 Å². The van der Waals surface area contributed by atoms with Crippen LogP contribution in [0.4, 0.5) is 0 Å². The summed E-state index contributed by atoms with van der Waals surface area (Å²) in [5, 5.41) is 0. The van der Waals surface area contributed by atoms with Gasteiger partial charge in [0, 0.05) is 46.1 Å². The van der Waals surface area contributed by atoms with E-state index in [1.165, 1.54) is 51.9 Å². The number of hydrogen-bond acceptors (Lipinski definition) is 5. The van der Waals surface area contributed by atoms with Crippen molar-refractivity contribution in [3.05, 3.63) is 58.3 Å². The highest BCUT2D eigenvalue weighted by Crippen LogP contribution is 2.44. The molecule has 182 valence electrons. The van der Waals surface area contributed by atoms with E-state index in [1.807, 2.05) is 45.3 Å². The fourth-order valence-corrected chi connectivity index (χ4v) is 8.73. The Bertz CT molecular complexity index is 1080. The van der Waals surface area contributed by atoms with Gasteiger partial charge in [-0.2, -0.15) is 0 Å². The van der Waals surface area contributed by atoms with Gasteiger partial charge in [-0.1, -0.05) is 34.1 Å². The normalized spacial score (nSPS) is 15.4. The largest absolute Gasteiger partial charge is 0.382 e. The van der Waals surface area contributed by atoms with E-state index in [0.717, 1.165) is 12.3 Å². The zero-order chi connectivity index (χ0) is 24.2. The van der Waals surface area contributed by atoms with Crippen molar-refractivity contribution in [3.8, 4) is 29.3 Å². The third kappa shape index (κ3) is 6.11. The lowest BCUT2D eigenvalue weighted by atomic mass is 9.94. The molecule has 4 aromatic rings. The van der Waals surface area contributed by atoms with Crippen LogP contribution in [0.2, 0.25) is 0 Å². The van der Waals surface area contributed by atoms with Crippen LogP contribution >= 0.6 is 45.3 Å². The summed E-state index contributed by atoms with van der Waals surface area (Å²) in [6.07, 6.45) is 3.90. The Morgan fingerprint density at radius 1 is 0.588 bits per heavy atom. The number of hydrogen-bond donors (Lipinski definition) is 0. The van der Waals surface area contributed by atoms with Crippen molar-refractivity contribution in [1.29, 1.82) is 0 Å². The molecule has 0 spiro atoms. The molecule has 4 heterocycles. The lowest BCUT2D eigenvalue weighted by Gasteiger charge is -2.14. The van der Waals surface area contributed by atoms with E-state index in [9.17, 15) is 0 Å². The average molecular weight is 529 g/mol. The Hall–Kier alpha value is -1.24. The van der Waals surface area contributed by atoms with E-state index < -0.39 is 0 Å². The molecule has 0 saturated heterocycles. The van der Waals surface area contributed by atoms with Gasteiger partial charge < -0.3 is 4.74 Å². The minimum absolute atomic E-state index is 0.296. The summed E-state index contributed by atoms with van der Waals surface area (Å²) in [5.74, 6) is 1.96. The lowest BCUT2D eigenvalue weighted by Crippen LogP contribution is -2.08. The van der Waals surface area contributed by atoms with E-state index in [2.05, 4.69) is 83.1 Å². The molecule has 0 saturated carbocycles.